The molecule has 0 saturated carbocycles. The van der Waals surface area contributed by atoms with Gasteiger partial charge < -0.3 is 8.83 Å². The summed E-state index contributed by atoms with van der Waals surface area (Å²) in [5.74, 6) is 3.02. The van der Waals surface area contributed by atoms with E-state index in [0.29, 0.717) is 11.7 Å². The first kappa shape index (κ1) is 12.6. The number of aromatic nitrogens is 1. The van der Waals surface area contributed by atoms with Crippen molar-refractivity contribution in [2.24, 2.45) is 0 Å². The van der Waals surface area contributed by atoms with Gasteiger partial charge in [0, 0.05) is 0 Å². The number of rotatable bonds is 2. The lowest BCUT2D eigenvalue weighted by molar-refractivity contribution is 0.488. The second kappa shape index (κ2) is 5.54. The SMILES string of the molecule is CC.CCc1nc(-c2ccc(C)o2)oc1C. The number of oxazole rings is 1. The van der Waals surface area contributed by atoms with Gasteiger partial charge in [-0.25, -0.2) is 4.98 Å². The number of hydrogen-bond acceptors (Lipinski definition) is 3. The summed E-state index contributed by atoms with van der Waals surface area (Å²) >= 11 is 0. The quantitative estimate of drug-likeness (QED) is 0.765. The van der Waals surface area contributed by atoms with Crippen LogP contribution in [0.25, 0.3) is 11.7 Å². The molecule has 0 saturated heterocycles. The Morgan fingerprint density at radius 1 is 1.12 bits per heavy atom. The highest BCUT2D eigenvalue weighted by Gasteiger charge is 2.12. The van der Waals surface area contributed by atoms with Crippen LogP contribution in [-0.4, -0.2) is 4.98 Å². The molecular formula is C13H19NO2. The van der Waals surface area contributed by atoms with Crippen molar-refractivity contribution in [3.05, 3.63) is 29.3 Å². The van der Waals surface area contributed by atoms with Crippen LogP contribution in [0.3, 0.4) is 0 Å². The standard InChI is InChI=1S/C11H13NO2.C2H6/c1-4-9-8(3)14-11(12-9)10-6-5-7(2)13-10;1-2/h5-6H,4H2,1-3H3;1-2H3. The van der Waals surface area contributed by atoms with Crippen molar-refractivity contribution >= 4 is 0 Å². The molecule has 2 aromatic rings. The fraction of sp³-hybridized carbons (Fsp3) is 0.462. The topological polar surface area (TPSA) is 39.2 Å². The second-order valence-electron chi connectivity index (χ2n) is 3.29. The predicted octanol–water partition coefficient (Wildman–Crippen LogP) is 4.14. The molecule has 2 rings (SSSR count). The molecule has 3 nitrogen and oxygen atoms in total. The highest BCUT2D eigenvalue weighted by Crippen LogP contribution is 2.23. The van der Waals surface area contributed by atoms with E-state index in [2.05, 4.69) is 11.9 Å². The molecule has 0 N–H and O–H groups in total. The third-order valence-electron chi connectivity index (χ3n) is 2.18. The van der Waals surface area contributed by atoms with E-state index in [9.17, 15) is 0 Å². The average molecular weight is 221 g/mol. The Balaban J connectivity index is 0.000000606. The number of nitrogens with zero attached hydrogens (tertiary/aromatic N) is 1. The van der Waals surface area contributed by atoms with Crippen LogP contribution in [0, 0.1) is 13.8 Å². The summed E-state index contributed by atoms with van der Waals surface area (Å²) in [4.78, 5) is 4.35. The average Bonchev–Trinajstić information content (AvgIpc) is 2.87. The van der Waals surface area contributed by atoms with Gasteiger partial charge in [-0.3, -0.25) is 0 Å². The molecule has 0 aliphatic rings. The molecule has 0 aliphatic carbocycles. The van der Waals surface area contributed by atoms with E-state index in [1.807, 2.05) is 39.8 Å². The summed E-state index contributed by atoms with van der Waals surface area (Å²) < 4.78 is 10.9. The molecule has 2 heterocycles. The predicted molar refractivity (Wildman–Crippen MR) is 64.4 cm³/mol. The van der Waals surface area contributed by atoms with Crippen LogP contribution in [0.2, 0.25) is 0 Å². The third kappa shape index (κ3) is 2.54. The molecule has 0 radical (unpaired) electrons. The summed E-state index contributed by atoms with van der Waals surface area (Å²) in [7, 11) is 0. The molecule has 0 amide bonds. The third-order valence-corrected chi connectivity index (χ3v) is 2.18. The number of hydrogen-bond donors (Lipinski definition) is 0. The van der Waals surface area contributed by atoms with Crippen molar-refractivity contribution in [3.8, 4) is 11.7 Å². The second-order valence-corrected chi connectivity index (χ2v) is 3.29. The van der Waals surface area contributed by atoms with E-state index in [0.717, 1.165) is 23.6 Å². The first-order valence-corrected chi connectivity index (χ1v) is 5.74. The van der Waals surface area contributed by atoms with E-state index >= 15 is 0 Å². The number of furan rings is 1. The first-order chi connectivity index (χ1) is 7.70. The lowest BCUT2D eigenvalue weighted by atomic mass is 10.3. The zero-order chi connectivity index (χ0) is 12.1. The van der Waals surface area contributed by atoms with Gasteiger partial charge in [0.05, 0.1) is 5.69 Å². The molecule has 0 aromatic carbocycles. The summed E-state index contributed by atoms with van der Waals surface area (Å²) in [6.45, 7) is 9.88. The number of aryl methyl sites for hydroxylation is 3. The summed E-state index contributed by atoms with van der Waals surface area (Å²) in [6, 6.07) is 3.78. The maximum atomic E-state index is 5.50. The summed E-state index contributed by atoms with van der Waals surface area (Å²) in [6.07, 6.45) is 0.884. The van der Waals surface area contributed by atoms with Crippen molar-refractivity contribution in [1.29, 1.82) is 0 Å². The van der Waals surface area contributed by atoms with E-state index < -0.39 is 0 Å². The minimum Gasteiger partial charge on any atom is -0.456 e. The monoisotopic (exact) mass is 221 g/mol. The Labute approximate surface area is 96.5 Å². The smallest absolute Gasteiger partial charge is 0.263 e. The molecule has 0 fully saturated rings. The summed E-state index contributed by atoms with van der Waals surface area (Å²) in [5, 5.41) is 0. The fourth-order valence-corrected chi connectivity index (χ4v) is 1.41. The molecule has 0 unspecified atom stereocenters. The van der Waals surface area contributed by atoms with Gasteiger partial charge in [0.1, 0.15) is 11.5 Å². The van der Waals surface area contributed by atoms with E-state index in [1.54, 1.807) is 0 Å². The van der Waals surface area contributed by atoms with Crippen molar-refractivity contribution in [2.45, 2.75) is 41.0 Å². The molecule has 2 aromatic heterocycles. The zero-order valence-electron chi connectivity index (χ0n) is 10.6. The summed E-state index contributed by atoms with van der Waals surface area (Å²) in [5.41, 5.74) is 0.994. The minimum atomic E-state index is 0.576. The molecule has 88 valence electrons. The zero-order valence-corrected chi connectivity index (χ0v) is 10.6. The molecule has 3 heteroatoms. The Hall–Kier alpha value is -1.51. The van der Waals surface area contributed by atoms with Crippen molar-refractivity contribution < 1.29 is 8.83 Å². The molecular weight excluding hydrogens is 202 g/mol. The fourth-order valence-electron chi connectivity index (χ4n) is 1.41. The molecule has 0 atom stereocenters. The minimum absolute atomic E-state index is 0.576. The molecule has 0 aliphatic heterocycles. The van der Waals surface area contributed by atoms with Crippen LogP contribution in [0.4, 0.5) is 0 Å². The van der Waals surface area contributed by atoms with Gasteiger partial charge in [-0.1, -0.05) is 20.8 Å². The van der Waals surface area contributed by atoms with Crippen LogP contribution in [-0.2, 0) is 6.42 Å². The van der Waals surface area contributed by atoms with Gasteiger partial charge in [0.25, 0.3) is 5.89 Å². The highest BCUT2D eigenvalue weighted by molar-refractivity contribution is 5.45. The van der Waals surface area contributed by atoms with Gasteiger partial charge >= 0.3 is 0 Å². The molecule has 16 heavy (non-hydrogen) atoms. The van der Waals surface area contributed by atoms with Gasteiger partial charge in [-0.05, 0) is 32.4 Å². The van der Waals surface area contributed by atoms with Gasteiger partial charge in [-0.15, -0.1) is 0 Å². The van der Waals surface area contributed by atoms with Crippen LogP contribution in [0.5, 0.6) is 0 Å². The highest BCUT2D eigenvalue weighted by atomic mass is 16.4. The van der Waals surface area contributed by atoms with Crippen LogP contribution < -0.4 is 0 Å². The van der Waals surface area contributed by atoms with Crippen molar-refractivity contribution in [3.63, 3.8) is 0 Å². The maximum absolute atomic E-state index is 5.50. The Bertz CT molecular complexity index is 440. The molecule has 0 spiro atoms. The Morgan fingerprint density at radius 3 is 2.25 bits per heavy atom. The van der Waals surface area contributed by atoms with Crippen molar-refractivity contribution in [1.82, 2.24) is 4.98 Å². The maximum Gasteiger partial charge on any atom is 0.263 e. The lowest BCUT2D eigenvalue weighted by Crippen LogP contribution is -1.81. The van der Waals surface area contributed by atoms with Gasteiger partial charge in [0.2, 0.25) is 0 Å². The van der Waals surface area contributed by atoms with Crippen molar-refractivity contribution in [2.75, 3.05) is 0 Å². The first-order valence-electron chi connectivity index (χ1n) is 5.74. The lowest BCUT2D eigenvalue weighted by Gasteiger charge is -1.86. The largest absolute Gasteiger partial charge is 0.456 e. The normalized spacial score (nSPS) is 9.81. The van der Waals surface area contributed by atoms with Crippen LogP contribution in [0.15, 0.2) is 21.0 Å². The van der Waals surface area contributed by atoms with Crippen LogP contribution >= 0.6 is 0 Å². The van der Waals surface area contributed by atoms with E-state index in [1.165, 1.54) is 0 Å². The molecule has 0 bridgehead atoms. The van der Waals surface area contributed by atoms with E-state index in [4.69, 9.17) is 8.83 Å². The Kier molecular flexibility index (Phi) is 4.35. The van der Waals surface area contributed by atoms with Crippen LogP contribution in [0.1, 0.15) is 38.0 Å². The Morgan fingerprint density at radius 2 is 1.81 bits per heavy atom. The van der Waals surface area contributed by atoms with E-state index in [-0.39, 0.29) is 0 Å². The van der Waals surface area contributed by atoms with Gasteiger partial charge in [0.15, 0.2) is 5.76 Å². The van der Waals surface area contributed by atoms with Gasteiger partial charge in [-0.2, -0.15) is 0 Å².